The predicted molar refractivity (Wildman–Crippen MR) is 68.2 cm³/mol. The first-order valence-corrected chi connectivity index (χ1v) is 7.90. The van der Waals surface area contributed by atoms with Gasteiger partial charge in [0.15, 0.2) is 0 Å². The van der Waals surface area contributed by atoms with Gasteiger partial charge in [-0.15, -0.1) is 0 Å². The van der Waals surface area contributed by atoms with Crippen molar-refractivity contribution in [1.82, 2.24) is 0 Å². The average Bonchev–Trinajstić information content (AvgIpc) is 2.33. The summed E-state index contributed by atoms with van der Waals surface area (Å²) in [6.45, 7) is 0. The van der Waals surface area contributed by atoms with Crippen molar-refractivity contribution in [3.05, 3.63) is 35.6 Å². The van der Waals surface area contributed by atoms with Crippen molar-refractivity contribution in [2.75, 3.05) is 11.5 Å². The number of hydrogen-bond donors (Lipinski definition) is 1. The highest BCUT2D eigenvalue weighted by Gasteiger charge is 2.35. The van der Waals surface area contributed by atoms with Crippen LogP contribution in [0.4, 0.5) is 4.39 Å². The Labute approximate surface area is 111 Å². The van der Waals surface area contributed by atoms with Crippen LogP contribution in [-0.2, 0) is 14.6 Å². The summed E-state index contributed by atoms with van der Waals surface area (Å²) >= 11 is 0. The van der Waals surface area contributed by atoms with Gasteiger partial charge in [0, 0.05) is 5.56 Å². The molecule has 0 aliphatic carbocycles. The standard InChI is InChI=1S/C13H15FO4S/c14-11-4-2-1-3-10(11)12(13(15)16)9-5-7-19(17,18)8-6-9/h1-4,9,12H,5-8H2,(H,15,16). The molecule has 0 bridgehead atoms. The van der Waals surface area contributed by atoms with E-state index in [0.29, 0.717) is 0 Å². The molecule has 2 rings (SSSR count). The lowest BCUT2D eigenvalue weighted by atomic mass is 9.82. The maximum atomic E-state index is 13.7. The van der Waals surface area contributed by atoms with Gasteiger partial charge in [0.25, 0.3) is 0 Å². The van der Waals surface area contributed by atoms with Gasteiger partial charge < -0.3 is 5.11 Å². The fourth-order valence-electron chi connectivity index (χ4n) is 2.56. The van der Waals surface area contributed by atoms with E-state index < -0.39 is 27.5 Å². The van der Waals surface area contributed by atoms with Gasteiger partial charge >= 0.3 is 5.97 Å². The van der Waals surface area contributed by atoms with E-state index in [1.807, 2.05) is 0 Å². The van der Waals surface area contributed by atoms with Gasteiger partial charge in [0.05, 0.1) is 17.4 Å². The number of hydrogen-bond acceptors (Lipinski definition) is 3. The Morgan fingerprint density at radius 1 is 1.26 bits per heavy atom. The van der Waals surface area contributed by atoms with E-state index in [9.17, 15) is 22.7 Å². The van der Waals surface area contributed by atoms with Gasteiger partial charge in [-0.3, -0.25) is 4.79 Å². The third kappa shape index (κ3) is 3.12. The molecule has 1 atom stereocenters. The third-order valence-corrected chi connectivity index (χ3v) is 5.29. The number of aliphatic carboxylic acids is 1. The highest BCUT2D eigenvalue weighted by atomic mass is 32.2. The predicted octanol–water partition coefficient (Wildman–Crippen LogP) is 1.82. The summed E-state index contributed by atoms with van der Waals surface area (Å²) in [5.41, 5.74) is 0.138. The van der Waals surface area contributed by atoms with Gasteiger partial charge in [-0.25, -0.2) is 12.8 Å². The van der Waals surface area contributed by atoms with Crippen LogP contribution in [0.3, 0.4) is 0 Å². The molecule has 0 aromatic heterocycles. The third-order valence-electron chi connectivity index (χ3n) is 3.58. The molecule has 1 aliphatic heterocycles. The molecule has 1 aromatic rings. The smallest absolute Gasteiger partial charge is 0.311 e. The highest BCUT2D eigenvalue weighted by Crippen LogP contribution is 2.34. The van der Waals surface area contributed by atoms with E-state index in [-0.39, 0.29) is 35.8 Å². The van der Waals surface area contributed by atoms with E-state index in [2.05, 4.69) is 0 Å². The Morgan fingerprint density at radius 2 is 1.84 bits per heavy atom. The quantitative estimate of drug-likeness (QED) is 0.920. The van der Waals surface area contributed by atoms with Crippen LogP contribution >= 0.6 is 0 Å². The zero-order chi connectivity index (χ0) is 14.0. The van der Waals surface area contributed by atoms with Crippen LogP contribution in [0.1, 0.15) is 24.3 Å². The summed E-state index contributed by atoms with van der Waals surface area (Å²) in [6, 6.07) is 5.78. The summed E-state index contributed by atoms with van der Waals surface area (Å²) < 4.78 is 36.5. The maximum absolute atomic E-state index is 13.7. The fraction of sp³-hybridized carbons (Fsp3) is 0.462. The molecule has 1 heterocycles. The van der Waals surface area contributed by atoms with Crippen LogP contribution in [0, 0.1) is 11.7 Å². The second-order valence-corrected chi connectivity index (χ2v) is 7.13. The van der Waals surface area contributed by atoms with Crippen LogP contribution in [0.2, 0.25) is 0 Å². The number of benzene rings is 1. The van der Waals surface area contributed by atoms with E-state index in [0.717, 1.165) is 0 Å². The number of halogens is 1. The summed E-state index contributed by atoms with van der Waals surface area (Å²) in [6.07, 6.45) is 0.543. The molecule has 0 amide bonds. The Hall–Kier alpha value is -1.43. The highest BCUT2D eigenvalue weighted by molar-refractivity contribution is 7.91. The molecule has 0 spiro atoms. The minimum absolute atomic E-state index is 0.0180. The van der Waals surface area contributed by atoms with Gasteiger partial charge in [0.2, 0.25) is 0 Å². The molecule has 0 radical (unpaired) electrons. The number of rotatable bonds is 3. The number of sulfone groups is 1. The van der Waals surface area contributed by atoms with Gasteiger partial charge in [-0.2, -0.15) is 0 Å². The topological polar surface area (TPSA) is 71.4 Å². The van der Waals surface area contributed by atoms with Gasteiger partial charge in [-0.1, -0.05) is 18.2 Å². The Bertz CT molecular complexity index is 568. The molecule has 1 N–H and O–H groups in total. The second kappa shape index (κ2) is 5.28. The molecule has 104 valence electrons. The van der Waals surface area contributed by atoms with Crippen LogP contribution in [0.25, 0.3) is 0 Å². The molecule has 1 saturated heterocycles. The Kier molecular flexibility index (Phi) is 3.89. The first-order valence-electron chi connectivity index (χ1n) is 6.08. The number of carboxylic acid groups (broad SMARTS) is 1. The molecule has 1 aliphatic rings. The minimum Gasteiger partial charge on any atom is -0.481 e. The molecule has 1 aromatic carbocycles. The Balaban J connectivity index is 2.28. The molecule has 1 fully saturated rings. The molecule has 4 nitrogen and oxygen atoms in total. The molecule has 0 saturated carbocycles. The molecule has 19 heavy (non-hydrogen) atoms. The van der Waals surface area contributed by atoms with E-state index in [1.54, 1.807) is 6.07 Å². The normalized spacial score (nSPS) is 20.9. The second-order valence-electron chi connectivity index (χ2n) is 4.83. The minimum atomic E-state index is -3.05. The van der Waals surface area contributed by atoms with Crippen molar-refractivity contribution in [2.45, 2.75) is 18.8 Å². The summed E-state index contributed by atoms with van der Waals surface area (Å²) in [5.74, 6) is -3.00. The fourth-order valence-corrected chi connectivity index (χ4v) is 4.09. The van der Waals surface area contributed by atoms with Crippen LogP contribution in [-0.4, -0.2) is 31.0 Å². The summed E-state index contributed by atoms with van der Waals surface area (Å²) in [5, 5.41) is 9.32. The molecular formula is C13H15FO4S. The van der Waals surface area contributed by atoms with Crippen LogP contribution in [0.15, 0.2) is 24.3 Å². The summed E-state index contributed by atoms with van der Waals surface area (Å²) in [4.78, 5) is 11.4. The van der Waals surface area contributed by atoms with Crippen molar-refractivity contribution in [3.63, 3.8) is 0 Å². The SMILES string of the molecule is O=C(O)C(c1ccccc1F)C1CCS(=O)(=O)CC1. The molecule has 6 heteroatoms. The molecular weight excluding hydrogens is 271 g/mol. The zero-order valence-corrected chi connectivity index (χ0v) is 11.1. The van der Waals surface area contributed by atoms with Crippen molar-refractivity contribution in [3.8, 4) is 0 Å². The van der Waals surface area contributed by atoms with Gasteiger partial charge in [-0.05, 0) is 24.8 Å². The number of carboxylic acids is 1. The van der Waals surface area contributed by atoms with Crippen molar-refractivity contribution >= 4 is 15.8 Å². The first kappa shape index (κ1) is 14.0. The maximum Gasteiger partial charge on any atom is 0.311 e. The van der Waals surface area contributed by atoms with E-state index in [1.165, 1.54) is 18.2 Å². The lowest BCUT2D eigenvalue weighted by molar-refractivity contribution is -0.140. The van der Waals surface area contributed by atoms with E-state index >= 15 is 0 Å². The lowest BCUT2D eigenvalue weighted by Gasteiger charge is -2.27. The largest absolute Gasteiger partial charge is 0.481 e. The lowest BCUT2D eigenvalue weighted by Crippen LogP contribution is -2.31. The molecule has 1 unspecified atom stereocenters. The van der Waals surface area contributed by atoms with Crippen molar-refractivity contribution < 1.29 is 22.7 Å². The number of carbonyl (C=O) groups is 1. The van der Waals surface area contributed by atoms with Crippen LogP contribution in [0.5, 0.6) is 0 Å². The van der Waals surface area contributed by atoms with Crippen LogP contribution < -0.4 is 0 Å². The average molecular weight is 286 g/mol. The Morgan fingerprint density at radius 3 is 2.37 bits per heavy atom. The van der Waals surface area contributed by atoms with Crippen molar-refractivity contribution in [2.24, 2.45) is 5.92 Å². The summed E-state index contributed by atoms with van der Waals surface area (Å²) in [7, 11) is -3.05. The monoisotopic (exact) mass is 286 g/mol. The van der Waals surface area contributed by atoms with Gasteiger partial charge in [0.1, 0.15) is 15.7 Å². The first-order chi connectivity index (χ1) is 8.91. The zero-order valence-electron chi connectivity index (χ0n) is 10.3. The van der Waals surface area contributed by atoms with Crippen molar-refractivity contribution in [1.29, 1.82) is 0 Å². The van der Waals surface area contributed by atoms with E-state index in [4.69, 9.17) is 0 Å².